The summed E-state index contributed by atoms with van der Waals surface area (Å²) in [4.78, 5) is 34.2. The van der Waals surface area contributed by atoms with Crippen LogP contribution in [0.15, 0.2) is 75.4 Å². The molecule has 2 amide bonds. The van der Waals surface area contributed by atoms with Crippen molar-refractivity contribution in [2.45, 2.75) is 33.6 Å². The summed E-state index contributed by atoms with van der Waals surface area (Å²) in [5.41, 5.74) is 3.55. The molecule has 1 aliphatic heterocycles. The molecule has 38 heavy (non-hydrogen) atoms. The summed E-state index contributed by atoms with van der Waals surface area (Å²) in [5, 5.41) is 14.6. The van der Waals surface area contributed by atoms with Gasteiger partial charge in [0, 0.05) is 23.1 Å². The second kappa shape index (κ2) is 12.3. The van der Waals surface area contributed by atoms with Crippen molar-refractivity contribution < 1.29 is 14.3 Å². The molecular weight excluding hydrogens is 500 g/mol. The van der Waals surface area contributed by atoms with E-state index < -0.39 is 0 Å². The van der Waals surface area contributed by atoms with Crippen LogP contribution in [-0.2, 0) is 4.79 Å². The molecule has 4 rings (SSSR count). The van der Waals surface area contributed by atoms with Crippen LogP contribution in [0.3, 0.4) is 0 Å². The van der Waals surface area contributed by atoms with Gasteiger partial charge in [0.1, 0.15) is 11.4 Å². The largest absolute Gasteiger partial charge is 0.493 e. The lowest BCUT2D eigenvalue weighted by Gasteiger charge is -2.29. The number of nitrogens with one attached hydrogen (secondary N) is 2. The van der Waals surface area contributed by atoms with Crippen molar-refractivity contribution in [2.24, 2.45) is 10.1 Å². The van der Waals surface area contributed by atoms with Gasteiger partial charge in [-0.25, -0.2) is 4.98 Å². The van der Waals surface area contributed by atoms with E-state index in [-0.39, 0.29) is 11.8 Å². The quantitative estimate of drug-likeness (QED) is 0.274. The fraction of sp³-hybridized carbons (Fsp3) is 0.250. The third kappa shape index (κ3) is 5.97. The zero-order valence-corrected chi connectivity index (χ0v) is 22.5. The number of rotatable bonds is 10. The van der Waals surface area contributed by atoms with Crippen LogP contribution in [0.4, 0.5) is 5.13 Å². The lowest BCUT2D eigenvalue weighted by molar-refractivity contribution is -0.118. The molecule has 2 heterocycles. The molecule has 2 aromatic carbocycles. The third-order valence-electron chi connectivity index (χ3n) is 5.82. The lowest BCUT2D eigenvalue weighted by Crippen LogP contribution is -2.44. The Hall–Kier alpha value is -4.31. The van der Waals surface area contributed by atoms with E-state index in [1.54, 1.807) is 24.1 Å². The fourth-order valence-electron chi connectivity index (χ4n) is 3.87. The van der Waals surface area contributed by atoms with E-state index in [1.165, 1.54) is 11.3 Å². The van der Waals surface area contributed by atoms with Gasteiger partial charge in [-0.2, -0.15) is 5.10 Å². The van der Waals surface area contributed by atoms with E-state index in [4.69, 9.17) is 9.84 Å². The maximum atomic E-state index is 13.1. The molecule has 0 saturated heterocycles. The molecule has 0 spiro atoms. The highest BCUT2D eigenvalue weighted by molar-refractivity contribution is 7.14. The Kier molecular flexibility index (Phi) is 8.65. The first-order chi connectivity index (χ1) is 18.4. The fourth-order valence-corrected chi connectivity index (χ4v) is 4.59. The predicted octanol–water partition coefficient (Wildman–Crippen LogP) is 5.29. The number of allylic oxidation sites excluding steroid dienone is 1. The van der Waals surface area contributed by atoms with Crippen LogP contribution in [-0.4, -0.2) is 47.5 Å². The van der Waals surface area contributed by atoms with Gasteiger partial charge >= 0.3 is 0 Å². The summed E-state index contributed by atoms with van der Waals surface area (Å²) in [6, 6.07) is 14.6. The van der Waals surface area contributed by atoms with Crippen LogP contribution < -0.4 is 15.4 Å². The summed E-state index contributed by atoms with van der Waals surface area (Å²) in [6.45, 7) is 10.3. The van der Waals surface area contributed by atoms with Gasteiger partial charge < -0.3 is 10.1 Å². The number of aliphatic imine (C=N–C) groups is 1. The second-order valence-corrected chi connectivity index (χ2v) is 9.33. The first kappa shape index (κ1) is 26.7. The minimum absolute atomic E-state index is 0.224. The molecule has 10 heteroatoms. The van der Waals surface area contributed by atoms with Crippen LogP contribution in [0.1, 0.15) is 49.5 Å². The van der Waals surface area contributed by atoms with Crippen LogP contribution in [0.2, 0.25) is 0 Å². The van der Waals surface area contributed by atoms with Gasteiger partial charge in [0.25, 0.3) is 11.8 Å². The van der Waals surface area contributed by atoms with Crippen LogP contribution in [0.25, 0.3) is 11.3 Å². The topological polar surface area (TPSA) is 108 Å². The Morgan fingerprint density at radius 3 is 2.71 bits per heavy atom. The molecule has 0 saturated carbocycles. The Morgan fingerprint density at radius 1 is 1.21 bits per heavy atom. The number of carbonyl (C=O) groups excluding carboxylic acids is 2. The molecule has 0 fully saturated rings. The Labute approximate surface area is 226 Å². The third-order valence-corrected chi connectivity index (χ3v) is 6.58. The molecule has 9 nitrogen and oxygen atoms in total. The van der Waals surface area contributed by atoms with Gasteiger partial charge in [0.15, 0.2) is 11.0 Å². The number of nitrogens with zero attached hydrogens (tertiary/aromatic N) is 4. The summed E-state index contributed by atoms with van der Waals surface area (Å²) in [6.07, 6.45) is 1.80. The highest BCUT2D eigenvalue weighted by Crippen LogP contribution is 2.31. The molecule has 0 aliphatic carbocycles. The number of carbonyl (C=O) groups is 2. The highest BCUT2D eigenvalue weighted by atomic mass is 32.1. The minimum Gasteiger partial charge on any atom is -0.493 e. The first-order valence-corrected chi connectivity index (χ1v) is 13.3. The number of amides is 2. The molecule has 1 aliphatic rings. The van der Waals surface area contributed by atoms with Crippen molar-refractivity contribution in [1.82, 2.24) is 15.3 Å². The molecule has 2 N–H and O–H groups in total. The summed E-state index contributed by atoms with van der Waals surface area (Å²) in [7, 11) is 0. The average molecular weight is 531 g/mol. The van der Waals surface area contributed by atoms with Crippen molar-refractivity contribution in [2.75, 3.05) is 18.5 Å². The molecule has 3 aromatic rings. The van der Waals surface area contributed by atoms with Crippen molar-refractivity contribution in [3.05, 3.63) is 76.4 Å². The van der Waals surface area contributed by atoms with Crippen LogP contribution in [0.5, 0.6) is 5.75 Å². The van der Waals surface area contributed by atoms with Crippen LogP contribution in [0, 0.1) is 0 Å². The number of amidine groups is 1. The number of aromatic nitrogens is 1. The average Bonchev–Trinajstić information content (AvgIpc) is 3.40. The van der Waals surface area contributed by atoms with E-state index >= 15 is 0 Å². The van der Waals surface area contributed by atoms with Gasteiger partial charge in [0.2, 0.25) is 0 Å². The summed E-state index contributed by atoms with van der Waals surface area (Å²) >= 11 is 1.33. The molecule has 196 valence electrons. The van der Waals surface area contributed by atoms with Crippen molar-refractivity contribution in [1.29, 1.82) is 0 Å². The van der Waals surface area contributed by atoms with E-state index in [0.29, 0.717) is 58.1 Å². The number of benzene rings is 2. The monoisotopic (exact) mass is 530 g/mol. The van der Waals surface area contributed by atoms with Crippen molar-refractivity contribution in [3.8, 4) is 17.0 Å². The predicted molar refractivity (Wildman–Crippen MR) is 152 cm³/mol. The smallest absolute Gasteiger partial charge is 0.276 e. The van der Waals surface area contributed by atoms with E-state index in [2.05, 4.69) is 34.3 Å². The van der Waals surface area contributed by atoms with E-state index in [1.807, 2.05) is 48.7 Å². The normalized spacial score (nSPS) is 14.4. The Bertz CT molecular complexity index is 1400. The highest BCUT2D eigenvalue weighted by Gasteiger charge is 2.29. The standard InChI is InChI=1S/C28H30N6O3S/c1-5-7-15-34-24(18(3)29-4)27(36)31-25(33-34)21-16-20(13-14-23(21)37-6-2)22-17-38-28(30-22)32-26(35)19-11-9-8-10-12-19/h8-14,16-17H,4-7,15H2,1-3H3,(H,30,32,35)(H,31,33,36)/b24-18-. The Morgan fingerprint density at radius 2 is 2.00 bits per heavy atom. The van der Waals surface area contributed by atoms with E-state index in [0.717, 1.165) is 18.4 Å². The van der Waals surface area contributed by atoms with Gasteiger partial charge in [0.05, 0.1) is 23.6 Å². The van der Waals surface area contributed by atoms with E-state index in [9.17, 15) is 9.59 Å². The molecule has 0 unspecified atom stereocenters. The maximum Gasteiger partial charge on any atom is 0.276 e. The number of ether oxygens (including phenoxy) is 1. The zero-order valence-electron chi connectivity index (χ0n) is 21.7. The zero-order chi connectivity index (χ0) is 27.1. The van der Waals surface area contributed by atoms with Gasteiger partial charge in [-0.05, 0) is 57.3 Å². The molecule has 1 aromatic heterocycles. The summed E-state index contributed by atoms with van der Waals surface area (Å²) in [5.74, 6) is 0.441. The lowest BCUT2D eigenvalue weighted by atomic mass is 10.1. The van der Waals surface area contributed by atoms with Crippen LogP contribution >= 0.6 is 11.3 Å². The second-order valence-electron chi connectivity index (χ2n) is 8.47. The number of hydrogen-bond acceptors (Lipinski definition) is 8. The van der Waals surface area contributed by atoms with Crippen molar-refractivity contribution in [3.63, 3.8) is 0 Å². The first-order valence-electron chi connectivity index (χ1n) is 12.4. The molecule has 0 bridgehead atoms. The van der Waals surface area contributed by atoms with Gasteiger partial charge in [-0.15, -0.1) is 11.3 Å². The molecular formula is C28H30N6O3S. The number of hydrazone groups is 1. The number of unbranched alkanes of at least 4 members (excludes halogenated alkanes) is 1. The number of anilines is 1. The van der Waals surface area contributed by atoms with Gasteiger partial charge in [-0.1, -0.05) is 31.5 Å². The number of thiazole rings is 1. The van der Waals surface area contributed by atoms with Crippen molar-refractivity contribution >= 4 is 40.8 Å². The Balaban J connectivity index is 1.68. The minimum atomic E-state index is -0.302. The molecule has 0 radical (unpaired) electrons. The molecule has 0 atom stereocenters. The number of hydrogen-bond donors (Lipinski definition) is 2. The SMILES string of the molecule is C=N/C(C)=C1/C(=O)NC(c2cc(-c3csc(NC(=O)c4ccccc4)n3)ccc2OCC)=NN1CCCC. The maximum absolute atomic E-state index is 13.1. The van der Waals surface area contributed by atoms with Gasteiger partial charge in [-0.3, -0.25) is 24.9 Å². The summed E-state index contributed by atoms with van der Waals surface area (Å²) < 4.78 is 5.87.